The van der Waals surface area contributed by atoms with Crippen molar-refractivity contribution in [1.29, 1.82) is 0 Å². The summed E-state index contributed by atoms with van der Waals surface area (Å²) < 4.78 is 2.24. The van der Waals surface area contributed by atoms with E-state index in [-0.39, 0.29) is 0 Å². The van der Waals surface area contributed by atoms with E-state index in [1.807, 2.05) is 0 Å². The van der Waals surface area contributed by atoms with Gasteiger partial charge in [0.25, 0.3) is 0 Å². The molecule has 5 aromatic rings. The van der Waals surface area contributed by atoms with Gasteiger partial charge in [0.1, 0.15) is 0 Å². The van der Waals surface area contributed by atoms with Crippen LogP contribution in [0.25, 0.3) is 44.1 Å². The Morgan fingerprint density at radius 1 is 0.462 bits per heavy atom. The maximum atomic E-state index is 2.39. The fourth-order valence-corrected chi connectivity index (χ4v) is 4.46. The Kier molecular flexibility index (Phi) is 3.79. The van der Waals surface area contributed by atoms with Gasteiger partial charge in [0.2, 0.25) is 0 Å². The highest BCUT2D eigenvalue weighted by atomic mass is 127. The van der Waals surface area contributed by atoms with Gasteiger partial charge in [-0.2, -0.15) is 0 Å². The Morgan fingerprint density at radius 2 is 1.08 bits per heavy atom. The average molecular weight is 445 g/mol. The third-order valence-electron chi connectivity index (χ3n) is 4.92. The lowest BCUT2D eigenvalue weighted by molar-refractivity contribution is 1.49. The molecule has 0 aliphatic heterocycles. The molecule has 124 valence electrons. The van der Waals surface area contributed by atoms with Crippen LogP contribution >= 0.6 is 22.9 Å². The molecule has 4 aromatic carbocycles. The van der Waals surface area contributed by atoms with Crippen molar-refractivity contribution in [3.05, 3.63) is 97.1 Å². The highest BCUT2D eigenvalue weighted by Gasteiger charge is 2.10. The summed E-state index contributed by atoms with van der Waals surface area (Å²) >= 11 is 2.39. The maximum Gasteiger partial charge on any atom is 0.0646 e. The lowest BCUT2D eigenvalue weighted by Gasteiger charge is -2.07. The number of para-hydroxylation sites is 1. The summed E-state index contributed by atoms with van der Waals surface area (Å²) in [6, 6.07) is 34.7. The van der Waals surface area contributed by atoms with Crippen molar-refractivity contribution < 1.29 is 0 Å². The zero-order chi connectivity index (χ0) is 17.5. The molecule has 0 radical (unpaired) electrons. The lowest BCUT2D eigenvalue weighted by Crippen LogP contribution is -1.82. The predicted molar refractivity (Wildman–Crippen MR) is 120 cm³/mol. The molecule has 0 bridgehead atoms. The van der Waals surface area contributed by atoms with Crippen LogP contribution in [0, 0.1) is 0 Å². The standard InChI is InChI=1S/C24H16IN/c25-26-23-12-5-4-11-21(23)22-16-20(13-14-24(22)26)19-10-6-9-18(15-19)17-7-2-1-3-8-17/h1-16H. The van der Waals surface area contributed by atoms with Crippen LogP contribution in [0.2, 0.25) is 0 Å². The van der Waals surface area contributed by atoms with Crippen LogP contribution in [-0.4, -0.2) is 2.78 Å². The number of benzene rings is 4. The molecule has 0 spiro atoms. The third-order valence-corrected chi connectivity index (χ3v) is 5.96. The Morgan fingerprint density at radius 3 is 1.92 bits per heavy atom. The molecule has 0 amide bonds. The molecule has 1 heterocycles. The summed E-state index contributed by atoms with van der Waals surface area (Å²) in [6.07, 6.45) is 0. The highest BCUT2D eigenvalue weighted by Crippen LogP contribution is 2.34. The molecule has 26 heavy (non-hydrogen) atoms. The van der Waals surface area contributed by atoms with Crippen molar-refractivity contribution >= 4 is 44.7 Å². The number of hydrogen-bond acceptors (Lipinski definition) is 0. The lowest BCUT2D eigenvalue weighted by atomic mass is 9.98. The van der Waals surface area contributed by atoms with Gasteiger partial charge in [-0.15, -0.1) is 0 Å². The van der Waals surface area contributed by atoms with Crippen LogP contribution in [0.15, 0.2) is 97.1 Å². The molecule has 0 atom stereocenters. The molecule has 5 rings (SSSR count). The van der Waals surface area contributed by atoms with E-state index in [4.69, 9.17) is 0 Å². The summed E-state index contributed by atoms with van der Waals surface area (Å²) in [5.41, 5.74) is 7.52. The first kappa shape index (κ1) is 15.6. The molecule has 0 aliphatic carbocycles. The molecule has 0 saturated carbocycles. The molecule has 1 aromatic heterocycles. The Labute approximate surface area is 166 Å². The van der Waals surface area contributed by atoms with E-state index in [2.05, 4.69) is 123 Å². The molecule has 1 nitrogen and oxygen atoms in total. The molecule has 0 aliphatic rings. The summed E-state index contributed by atoms with van der Waals surface area (Å²) in [7, 11) is 0. The van der Waals surface area contributed by atoms with Gasteiger partial charge in [0.15, 0.2) is 0 Å². The van der Waals surface area contributed by atoms with Crippen molar-refractivity contribution in [2.75, 3.05) is 0 Å². The molecular formula is C24H16IN. The number of halogens is 1. The number of aromatic nitrogens is 1. The van der Waals surface area contributed by atoms with Crippen molar-refractivity contribution in [2.24, 2.45) is 0 Å². The summed E-state index contributed by atoms with van der Waals surface area (Å²) in [5, 5.41) is 2.61. The first-order valence-corrected chi connectivity index (χ1v) is 9.63. The number of fused-ring (bicyclic) bond motifs is 3. The first-order chi connectivity index (χ1) is 12.8. The van der Waals surface area contributed by atoms with Crippen LogP contribution in [0.5, 0.6) is 0 Å². The summed E-state index contributed by atoms with van der Waals surface area (Å²) in [5.74, 6) is 0. The van der Waals surface area contributed by atoms with Gasteiger partial charge in [-0.25, -0.2) is 0 Å². The monoisotopic (exact) mass is 445 g/mol. The van der Waals surface area contributed by atoms with E-state index in [9.17, 15) is 0 Å². The van der Waals surface area contributed by atoms with E-state index >= 15 is 0 Å². The average Bonchev–Trinajstić information content (AvgIpc) is 3.01. The quantitative estimate of drug-likeness (QED) is 0.251. The van der Waals surface area contributed by atoms with Gasteiger partial charge < -0.3 is 0 Å². The van der Waals surface area contributed by atoms with Gasteiger partial charge in [0, 0.05) is 10.8 Å². The Balaban J connectivity index is 1.69. The smallest absolute Gasteiger partial charge is 0.0646 e. The molecule has 0 saturated heterocycles. The van der Waals surface area contributed by atoms with E-state index in [1.54, 1.807) is 0 Å². The van der Waals surface area contributed by atoms with E-state index < -0.39 is 0 Å². The van der Waals surface area contributed by atoms with Crippen LogP contribution in [0.3, 0.4) is 0 Å². The normalized spacial score (nSPS) is 11.3. The van der Waals surface area contributed by atoms with Crippen molar-refractivity contribution in [3.8, 4) is 22.3 Å². The summed E-state index contributed by atoms with van der Waals surface area (Å²) in [6.45, 7) is 0. The molecule has 0 fully saturated rings. The van der Waals surface area contributed by atoms with Crippen molar-refractivity contribution in [3.63, 3.8) is 0 Å². The molecule has 0 N–H and O–H groups in total. The topological polar surface area (TPSA) is 4.93 Å². The first-order valence-electron chi connectivity index (χ1n) is 8.66. The van der Waals surface area contributed by atoms with Crippen LogP contribution in [-0.2, 0) is 0 Å². The van der Waals surface area contributed by atoms with Crippen LogP contribution in [0.4, 0.5) is 0 Å². The maximum absolute atomic E-state index is 2.39. The van der Waals surface area contributed by atoms with Gasteiger partial charge >= 0.3 is 0 Å². The highest BCUT2D eigenvalue weighted by molar-refractivity contribution is 14.1. The molecular weight excluding hydrogens is 429 g/mol. The largest absolute Gasteiger partial charge is 0.282 e. The Bertz CT molecular complexity index is 1240. The van der Waals surface area contributed by atoms with Gasteiger partial charge in [-0.1, -0.05) is 72.8 Å². The zero-order valence-electron chi connectivity index (χ0n) is 14.1. The van der Waals surface area contributed by atoms with Gasteiger partial charge in [-0.3, -0.25) is 2.78 Å². The minimum atomic E-state index is 1.25. The second-order valence-electron chi connectivity index (χ2n) is 6.48. The number of rotatable bonds is 2. The van der Waals surface area contributed by atoms with Gasteiger partial charge in [-0.05, 0) is 46.5 Å². The van der Waals surface area contributed by atoms with Gasteiger partial charge in [0.05, 0.1) is 33.9 Å². The molecule has 0 unspecified atom stereocenters. The minimum absolute atomic E-state index is 1.25. The van der Waals surface area contributed by atoms with Crippen molar-refractivity contribution in [2.45, 2.75) is 0 Å². The third kappa shape index (κ3) is 2.53. The number of nitrogens with zero attached hydrogens (tertiary/aromatic N) is 1. The van der Waals surface area contributed by atoms with Crippen LogP contribution < -0.4 is 0 Å². The zero-order valence-corrected chi connectivity index (χ0v) is 16.2. The van der Waals surface area contributed by atoms with Crippen LogP contribution in [0.1, 0.15) is 0 Å². The molecule has 2 heteroatoms. The fraction of sp³-hybridized carbons (Fsp3) is 0. The Hall–Kier alpha value is -2.59. The van der Waals surface area contributed by atoms with E-state index in [0.717, 1.165) is 0 Å². The van der Waals surface area contributed by atoms with Crippen molar-refractivity contribution in [1.82, 2.24) is 2.78 Å². The minimum Gasteiger partial charge on any atom is -0.282 e. The second-order valence-corrected chi connectivity index (χ2v) is 7.44. The predicted octanol–water partition coefficient (Wildman–Crippen LogP) is 7.33. The van der Waals surface area contributed by atoms with E-state index in [0.29, 0.717) is 0 Å². The second kappa shape index (κ2) is 6.29. The SMILES string of the molecule is In1c2ccccc2c2cc(-c3cccc(-c4ccccc4)c3)ccc21. The fourth-order valence-electron chi connectivity index (χ4n) is 3.61. The van der Waals surface area contributed by atoms with E-state index in [1.165, 1.54) is 44.1 Å². The number of hydrogen-bond donors (Lipinski definition) is 0. The summed E-state index contributed by atoms with van der Waals surface area (Å²) in [4.78, 5) is 0.